The van der Waals surface area contributed by atoms with Crippen LogP contribution in [0.1, 0.15) is 38.0 Å². The van der Waals surface area contributed by atoms with Gasteiger partial charge < -0.3 is 4.57 Å². The summed E-state index contributed by atoms with van der Waals surface area (Å²) in [6, 6.07) is 2.18. The lowest BCUT2D eigenvalue weighted by Gasteiger charge is -2.08. The number of hydrogen-bond donors (Lipinski definition) is 0. The van der Waals surface area contributed by atoms with Crippen molar-refractivity contribution in [2.24, 2.45) is 0 Å². The van der Waals surface area contributed by atoms with Crippen molar-refractivity contribution in [3.8, 4) is 11.4 Å². The van der Waals surface area contributed by atoms with E-state index in [9.17, 15) is 10.1 Å². The van der Waals surface area contributed by atoms with Gasteiger partial charge in [-0.1, -0.05) is 32.5 Å². The van der Waals surface area contributed by atoms with Gasteiger partial charge >= 0.3 is 5.69 Å². The second kappa shape index (κ2) is 8.00. The molecule has 0 aromatic carbocycles. The van der Waals surface area contributed by atoms with Crippen LogP contribution in [0.5, 0.6) is 0 Å². The fourth-order valence-corrected chi connectivity index (χ4v) is 4.17. The number of rotatable bonds is 8. The summed E-state index contributed by atoms with van der Waals surface area (Å²) in [5, 5.41) is 26.4. The van der Waals surface area contributed by atoms with Crippen LogP contribution in [0.2, 0.25) is 0 Å². The molecule has 0 spiro atoms. The second-order valence-electron chi connectivity index (χ2n) is 6.12. The molecule has 3 aromatic heterocycles. The molecular weight excluding hydrogens is 372 g/mol. The quantitative estimate of drug-likeness (QED) is 0.321. The third-order valence-electron chi connectivity index (χ3n) is 3.77. The summed E-state index contributed by atoms with van der Waals surface area (Å²) in [6.07, 6.45) is 3.64. The van der Waals surface area contributed by atoms with E-state index in [0.29, 0.717) is 11.8 Å². The third-order valence-corrected chi connectivity index (χ3v) is 5.95. The van der Waals surface area contributed by atoms with Gasteiger partial charge in [0.1, 0.15) is 12.4 Å². The molecule has 8 nitrogen and oxygen atoms in total. The number of nitro groups is 1. The number of thiophene rings is 1. The monoisotopic (exact) mass is 392 g/mol. The maximum Gasteiger partial charge on any atom is 0.307 e. The number of hydrogen-bond acceptors (Lipinski definition) is 7. The minimum Gasteiger partial charge on any atom is -0.302 e. The Hall–Kier alpha value is -2.20. The van der Waals surface area contributed by atoms with Crippen molar-refractivity contribution in [1.82, 2.24) is 24.5 Å². The largest absolute Gasteiger partial charge is 0.307 e. The van der Waals surface area contributed by atoms with Crippen LogP contribution in [-0.4, -0.2) is 29.5 Å². The lowest BCUT2D eigenvalue weighted by Crippen LogP contribution is -2.03. The van der Waals surface area contributed by atoms with Crippen LogP contribution >= 0.6 is 23.1 Å². The summed E-state index contributed by atoms with van der Waals surface area (Å²) in [7, 11) is 0. The molecule has 0 aliphatic rings. The van der Waals surface area contributed by atoms with Crippen LogP contribution in [0.3, 0.4) is 0 Å². The number of thioether (sulfide) groups is 1. The van der Waals surface area contributed by atoms with Crippen LogP contribution in [-0.2, 0) is 12.4 Å². The van der Waals surface area contributed by atoms with Crippen molar-refractivity contribution in [3.63, 3.8) is 0 Å². The van der Waals surface area contributed by atoms with Crippen LogP contribution in [0.25, 0.3) is 11.4 Å². The summed E-state index contributed by atoms with van der Waals surface area (Å²) in [6.45, 7) is 7.28. The van der Waals surface area contributed by atoms with Gasteiger partial charge in [0.15, 0.2) is 11.0 Å². The molecule has 3 rings (SSSR count). The van der Waals surface area contributed by atoms with Crippen LogP contribution in [0, 0.1) is 10.1 Å². The Morgan fingerprint density at radius 3 is 2.81 bits per heavy atom. The molecule has 0 saturated heterocycles. The Kier molecular flexibility index (Phi) is 5.72. The maximum atomic E-state index is 10.8. The summed E-state index contributed by atoms with van der Waals surface area (Å²) >= 11 is 3.20. The summed E-state index contributed by atoms with van der Waals surface area (Å²) < 4.78 is 3.64. The molecule has 0 aliphatic carbocycles. The van der Waals surface area contributed by atoms with E-state index in [1.807, 2.05) is 0 Å². The van der Waals surface area contributed by atoms with E-state index in [1.54, 1.807) is 11.3 Å². The van der Waals surface area contributed by atoms with Gasteiger partial charge in [0, 0.05) is 22.4 Å². The predicted octanol–water partition coefficient (Wildman–Crippen LogP) is 4.39. The molecule has 0 atom stereocenters. The standard InChI is InChI=1S/C16H20N6O2S2/c1-4-5-21-15(12-6-14(11(2)3)25-9-12)18-19-16(21)26-10-20-8-13(7-17-20)22(23)24/h6-9,11H,4-5,10H2,1-3H3. The predicted molar refractivity (Wildman–Crippen MR) is 102 cm³/mol. The van der Waals surface area contributed by atoms with E-state index in [0.717, 1.165) is 29.5 Å². The lowest BCUT2D eigenvalue weighted by molar-refractivity contribution is -0.385. The Balaban J connectivity index is 1.80. The zero-order chi connectivity index (χ0) is 18.7. The van der Waals surface area contributed by atoms with Gasteiger partial charge in [-0.2, -0.15) is 5.10 Å². The number of nitrogens with zero attached hydrogens (tertiary/aromatic N) is 6. The highest BCUT2D eigenvalue weighted by molar-refractivity contribution is 7.98. The van der Waals surface area contributed by atoms with Gasteiger partial charge in [-0.25, -0.2) is 0 Å². The molecule has 0 unspecified atom stereocenters. The van der Waals surface area contributed by atoms with Crippen molar-refractivity contribution in [1.29, 1.82) is 0 Å². The smallest absolute Gasteiger partial charge is 0.302 e. The summed E-state index contributed by atoms with van der Waals surface area (Å²) in [4.78, 5) is 11.6. The SMILES string of the molecule is CCCn1c(SCn2cc([N+](=O)[O-])cn2)nnc1-c1csc(C(C)C)c1. The van der Waals surface area contributed by atoms with E-state index in [1.165, 1.54) is 33.7 Å². The van der Waals surface area contributed by atoms with E-state index < -0.39 is 4.92 Å². The van der Waals surface area contributed by atoms with Gasteiger partial charge in [0.05, 0.1) is 10.8 Å². The fourth-order valence-electron chi connectivity index (χ4n) is 2.45. The highest BCUT2D eigenvalue weighted by Gasteiger charge is 2.17. The summed E-state index contributed by atoms with van der Waals surface area (Å²) in [5.41, 5.74) is 1.07. The normalized spacial score (nSPS) is 11.4. The molecule has 0 aliphatic heterocycles. The van der Waals surface area contributed by atoms with Crippen LogP contribution in [0.15, 0.2) is 29.0 Å². The molecule has 0 N–H and O–H groups in total. The summed E-state index contributed by atoms with van der Waals surface area (Å²) in [5.74, 6) is 1.79. The molecule has 0 amide bonds. The van der Waals surface area contributed by atoms with Gasteiger partial charge in [-0.05, 0) is 18.4 Å². The first-order chi connectivity index (χ1) is 12.5. The first kappa shape index (κ1) is 18.6. The molecule has 0 fully saturated rings. The Labute approximate surface area is 159 Å². The van der Waals surface area contributed by atoms with Crippen LogP contribution < -0.4 is 0 Å². The van der Waals surface area contributed by atoms with Gasteiger partial charge in [0.2, 0.25) is 0 Å². The van der Waals surface area contributed by atoms with Crippen molar-refractivity contribution in [2.45, 2.75) is 50.7 Å². The first-order valence-corrected chi connectivity index (χ1v) is 10.2. The molecule has 138 valence electrons. The topological polar surface area (TPSA) is 91.7 Å². The second-order valence-corrected chi connectivity index (χ2v) is 7.97. The third kappa shape index (κ3) is 3.96. The fraction of sp³-hybridized carbons (Fsp3) is 0.438. The zero-order valence-electron chi connectivity index (χ0n) is 14.8. The molecule has 10 heteroatoms. The Morgan fingerprint density at radius 1 is 1.38 bits per heavy atom. The maximum absolute atomic E-state index is 10.8. The minimum absolute atomic E-state index is 0.0131. The highest BCUT2D eigenvalue weighted by atomic mass is 32.2. The van der Waals surface area contributed by atoms with E-state index in [2.05, 4.69) is 52.1 Å². The van der Waals surface area contributed by atoms with Crippen molar-refractivity contribution in [3.05, 3.63) is 38.8 Å². The lowest BCUT2D eigenvalue weighted by atomic mass is 10.1. The molecular formula is C16H20N6O2S2. The Morgan fingerprint density at radius 2 is 2.19 bits per heavy atom. The molecule has 3 heterocycles. The number of aromatic nitrogens is 5. The average molecular weight is 393 g/mol. The molecule has 26 heavy (non-hydrogen) atoms. The Bertz CT molecular complexity index is 898. The van der Waals surface area contributed by atoms with Crippen LogP contribution in [0.4, 0.5) is 5.69 Å². The van der Waals surface area contributed by atoms with Crippen molar-refractivity contribution >= 4 is 28.8 Å². The van der Waals surface area contributed by atoms with Gasteiger partial charge in [-0.15, -0.1) is 21.5 Å². The highest BCUT2D eigenvalue weighted by Crippen LogP contribution is 2.31. The van der Waals surface area contributed by atoms with E-state index >= 15 is 0 Å². The molecule has 3 aromatic rings. The van der Waals surface area contributed by atoms with Gasteiger partial charge in [-0.3, -0.25) is 14.8 Å². The van der Waals surface area contributed by atoms with E-state index in [4.69, 9.17) is 0 Å². The molecule has 0 bridgehead atoms. The zero-order valence-corrected chi connectivity index (χ0v) is 16.5. The molecule has 0 radical (unpaired) electrons. The molecule has 0 saturated carbocycles. The first-order valence-electron chi connectivity index (χ1n) is 8.31. The van der Waals surface area contributed by atoms with Gasteiger partial charge in [0.25, 0.3) is 0 Å². The van der Waals surface area contributed by atoms with Crippen molar-refractivity contribution < 1.29 is 4.92 Å². The minimum atomic E-state index is -0.450. The average Bonchev–Trinajstić information content (AvgIpc) is 3.32. The van der Waals surface area contributed by atoms with E-state index in [-0.39, 0.29) is 5.69 Å². The van der Waals surface area contributed by atoms with Crippen molar-refractivity contribution in [2.75, 3.05) is 0 Å².